The fourth-order valence-corrected chi connectivity index (χ4v) is 2.84. The van der Waals surface area contributed by atoms with Crippen molar-refractivity contribution in [2.45, 2.75) is 31.3 Å². The van der Waals surface area contributed by atoms with Crippen molar-refractivity contribution >= 4 is 17.6 Å². The van der Waals surface area contributed by atoms with Crippen molar-refractivity contribution in [3.8, 4) is 0 Å². The van der Waals surface area contributed by atoms with Crippen LogP contribution in [-0.4, -0.2) is 28.9 Å². The zero-order chi connectivity index (χ0) is 17.8. The van der Waals surface area contributed by atoms with Crippen molar-refractivity contribution < 1.29 is 14.0 Å². The van der Waals surface area contributed by atoms with Crippen LogP contribution in [0.25, 0.3) is 0 Å². The summed E-state index contributed by atoms with van der Waals surface area (Å²) in [6.07, 6.45) is 2.54. The monoisotopic (exact) mass is 342 g/mol. The van der Waals surface area contributed by atoms with E-state index in [1.165, 1.54) is 12.1 Å². The highest BCUT2D eigenvalue weighted by Crippen LogP contribution is 2.19. The molecule has 6 nitrogen and oxygen atoms in total. The zero-order valence-electron chi connectivity index (χ0n) is 13.5. The summed E-state index contributed by atoms with van der Waals surface area (Å²) in [6, 6.07) is 8.61. The topological polar surface area (TPSA) is 97.1 Å². The van der Waals surface area contributed by atoms with E-state index in [1.54, 1.807) is 24.4 Å². The molecular weight excluding hydrogens is 323 g/mol. The fraction of sp³-hybridized carbons (Fsp3) is 0.278. The molecule has 0 saturated carbocycles. The van der Waals surface area contributed by atoms with Gasteiger partial charge in [0.05, 0.1) is 0 Å². The number of nitrogens with zero attached hydrogens (tertiary/aromatic N) is 1. The molecule has 2 atom stereocenters. The number of halogens is 1. The summed E-state index contributed by atoms with van der Waals surface area (Å²) in [4.78, 5) is 28.3. The molecule has 1 aromatic heterocycles. The summed E-state index contributed by atoms with van der Waals surface area (Å²) in [5.41, 5.74) is 7.73. The van der Waals surface area contributed by atoms with Gasteiger partial charge in [0.15, 0.2) is 0 Å². The number of fused-ring (bicyclic) bond motifs is 1. The first kappa shape index (κ1) is 17.0. The predicted molar refractivity (Wildman–Crippen MR) is 91.2 cm³/mol. The first-order chi connectivity index (χ1) is 12.0. The van der Waals surface area contributed by atoms with E-state index in [1.807, 2.05) is 6.07 Å². The van der Waals surface area contributed by atoms with Crippen molar-refractivity contribution in [1.82, 2.24) is 10.3 Å². The molecule has 1 aliphatic heterocycles. The van der Waals surface area contributed by atoms with Gasteiger partial charge in [-0.15, -0.1) is 0 Å². The van der Waals surface area contributed by atoms with Gasteiger partial charge in [0.2, 0.25) is 11.8 Å². The first-order valence-corrected chi connectivity index (χ1v) is 8.05. The lowest BCUT2D eigenvalue weighted by atomic mass is 10.0. The summed E-state index contributed by atoms with van der Waals surface area (Å²) < 4.78 is 12.9. The molecule has 7 heteroatoms. The Kier molecular flexibility index (Phi) is 5.04. The molecule has 25 heavy (non-hydrogen) atoms. The number of anilines is 1. The number of hydrogen-bond acceptors (Lipinski definition) is 4. The minimum absolute atomic E-state index is 0.0844. The largest absolute Gasteiger partial charge is 0.344 e. The van der Waals surface area contributed by atoms with Crippen LogP contribution < -0.4 is 16.4 Å². The first-order valence-electron chi connectivity index (χ1n) is 8.05. The number of aromatic nitrogens is 1. The van der Waals surface area contributed by atoms with Crippen molar-refractivity contribution in [3.05, 3.63) is 59.5 Å². The highest BCUT2D eigenvalue weighted by molar-refractivity contribution is 5.99. The van der Waals surface area contributed by atoms with Gasteiger partial charge >= 0.3 is 0 Å². The van der Waals surface area contributed by atoms with Gasteiger partial charge in [-0.25, -0.2) is 9.37 Å². The number of rotatable bonds is 5. The van der Waals surface area contributed by atoms with Crippen LogP contribution in [0.4, 0.5) is 10.2 Å². The van der Waals surface area contributed by atoms with E-state index in [2.05, 4.69) is 15.6 Å². The molecule has 2 aromatic rings. The minimum atomic E-state index is -0.637. The smallest absolute Gasteiger partial charge is 0.248 e. The van der Waals surface area contributed by atoms with Gasteiger partial charge in [0.1, 0.15) is 17.7 Å². The fourth-order valence-electron chi connectivity index (χ4n) is 2.84. The zero-order valence-corrected chi connectivity index (χ0v) is 13.5. The molecule has 130 valence electrons. The van der Waals surface area contributed by atoms with Crippen molar-refractivity contribution in [2.24, 2.45) is 5.73 Å². The molecule has 1 aromatic carbocycles. The molecule has 2 heterocycles. The van der Waals surface area contributed by atoms with Crippen LogP contribution >= 0.6 is 0 Å². The maximum absolute atomic E-state index is 12.9. The molecule has 0 bridgehead atoms. The third-order valence-corrected chi connectivity index (χ3v) is 4.07. The summed E-state index contributed by atoms with van der Waals surface area (Å²) in [6.45, 7) is 0. The average Bonchev–Trinajstić information content (AvgIpc) is 2.57. The third kappa shape index (κ3) is 4.39. The number of amides is 2. The molecule has 1 unspecified atom stereocenters. The van der Waals surface area contributed by atoms with Crippen LogP contribution in [0, 0.1) is 5.82 Å². The summed E-state index contributed by atoms with van der Waals surface area (Å²) in [7, 11) is 0. The van der Waals surface area contributed by atoms with E-state index in [-0.39, 0.29) is 24.1 Å². The van der Waals surface area contributed by atoms with Gasteiger partial charge in [0.25, 0.3) is 0 Å². The molecule has 0 aliphatic carbocycles. The lowest BCUT2D eigenvalue weighted by molar-refractivity contribution is -0.126. The van der Waals surface area contributed by atoms with Gasteiger partial charge in [-0.2, -0.15) is 0 Å². The number of pyridine rings is 1. The Bertz CT molecular complexity index is 779. The van der Waals surface area contributed by atoms with Gasteiger partial charge in [0, 0.05) is 25.1 Å². The molecule has 0 spiro atoms. The number of carbonyl (C=O) groups excluding carboxylic acids is 2. The Labute approximate surface area is 144 Å². The van der Waals surface area contributed by atoms with Gasteiger partial charge in [-0.3, -0.25) is 9.59 Å². The molecule has 0 saturated heterocycles. The number of hydrogen-bond donors (Lipinski definition) is 3. The Morgan fingerprint density at radius 2 is 2.12 bits per heavy atom. The van der Waals surface area contributed by atoms with Gasteiger partial charge in [-0.1, -0.05) is 18.2 Å². The number of benzene rings is 1. The van der Waals surface area contributed by atoms with E-state index in [9.17, 15) is 14.0 Å². The lowest BCUT2D eigenvalue weighted by Gasteiger charge is -2.25. The van der Waals surface area contributed by atoms with Crippen LogP contribution in [0.15, 0.2) is 42.6 Å². The molecule has 1 aliphatic rings. The molecule has 3 rings (SSSR count). The van der Waals surface area contributed by atoms with Crippen LogP contribution in [-0.2, 0) is 22.4 Å². The second-order valence-corrected chi connectivity index (χ2v) is 6.12. The van der Waals surface area contributed by atoms with E-state index < -0.39 is 12.1 Å². The predicted octanol–water partition coefficient (Wildman–Crippen LogP) is 1.16. The van der Waals surface area contributed by atoms with E-state index in [0.717, 1.165) is 11.1 Å². The van der Waals surface area contributed by atoms with E-state index >= 15 is 0 Å². The van der Waals surface area contributed by atoms with Crippen molar-refractivity contribution in [2.75, 3.05) is 5.32 Å². The lowest BCUT2D eigenvalue weighted by Crippen LogP contribution is -2.49. The summed E-state index contributed by atoms with van der Waals surface area (Å²) in [5, 5.41) is 5.40. The highest BCUT2D eigenvalue weighted by Gasteiger charge is 2.28. The molecule has 4 N–H and O–H groups in total. The van der Waals surface area contributed by atoms with Gasteiger partial charge in [-0.05, 0) is 35.7 Å². The van der Waals surface area contributed by atoms with Crippen LogP contribution in [0.3, 0.4) is 0 Å². The van der Waals surface area contributed by atoms with Crippen molar-refractivity contribution in [1.29, 1.82) is 0 Å². The Balaban J connectivity index is 1.53. The maximum atomic E-state index is 12.9. The molecular formula is C18H19FN4O2. The van der Waals surface area contributed by atoms with Gasteiger partial charge < -0.3 is 16.4 Å². The number of carbonyl (C=O) groups is 2. The van der Waals surface area contributed by atoms with Crippen LogP contribution in [0.2, 0.25) is 0 Å². The highest BCUT2D eigenvalue weighted by atomic mass is 19.1. The molecule has 2 amide bonds. The summed E-state index contributed by atoms with van der Waals surface area (Å²) in [5.74, 6) is -0.354. The van der Waals surface area contributed by atoms with E-state index in [4.69, 9.17) is 5.73 Å². The quantitative estimate of drug-likeness (QED) is 0.759. The number of nitrogens with one attached hydrogen (secondary N) is 2. The Hall–Kier alpha value is -2.80. The summed E-state index contributed by atoms with van der Waals surface area (Å²) >= 11 is 0. The maximum Gasteiger partial charge on any atom is 0.248 e. The second-order valence-electron chi connectivity index (χ2n) is 6.12. The third-order valence-electron chi connectivity index (χ3n) is 4.07. The second kappa shape index (κ2) is 7.40. The van der Waals surface area contributed by atoms with E-state index in [0.29, 0.717) is 18.7 Å². The molecule has 0 fully saturated rings. The standard InChI is InChI=1S/C18H19FN4O2/c19-13-5-3-11(4-6-13)8-14(20)10-16(24)22-15-9-12-2-1-7-21-17(12)23-18(15)25/h1-7,14-15H,8-10,20H2,(H,22,24)(H,21,23,25)/t14-,15?/m1/s1. The normalized spacial score (nSPS) is 17.4. The molecule has 0 radical (unpaired) electrons. The Morgan fingerprint density at radius 1 is 1.36 bits per heavy atom. The SMILES string of the molecule is N[C@@H](CC(=O)NC1Cc2cccnc2NC1=O)Cc1ccc(F)cc1. The van der Waals surface area contributed by atoms with Crippen molar-refractivity contribution in [3.63, 3.8) is 0 Å². The minimum Gasteiger partial charge on any atom is -0.344 e. The Morgan fingerprint density at radius 3 is 2.88 bits per heavy atom. The number of nitrogens with two attached hydrogens (primary N) is 1. The average molecular weight is 342 g/mol. The van der Waals surface area contributed by atoms with Crippen LogP contribution in [0.5, 0.6) is 0 Å². The van der Waals surface area contributed by atoms with Crippen LogP contribution in [0.1, 0.15) is 17.5 Å².